The molecule has 17 heavy (non-hydrogen) atoms. The van der Waals surface area contributed by atoms with E-state index in [-0.39, 0.29) is 0 Å². The summed E-state index contributed by atoms with van der Waals surface area (Å²) in [6.45, 7) is 1.83. The molecule has 2 aromatic rings. The van der Waals surface area contributed by atoms with Crippen LogP contribution in [-0.2, 0) is 0 Å². The summed E-state index contributed by atoms with van der Waals surface area (Å²) in [5, 5.41) is 9.01. The molecule has 2 rings (SSSR count). The van der Waals surface area contributed by atoms with Gasteiger partial charge in [-0.2, -0.15) is 5.26 Å². The van der Waals surface area contributed by atoms with E-state index in [0.717, 1.165) is 17.7 Å². The lowest BCUT2D eigenvalue weighted by molar-refractivity contribution is 0.509. The Hall–Kier alpha value is -2.21. The minimum atomic E-state index is -0.908. The average Bonchev–Trinajstić information content (AvgIpc) is 2.32. The van der Waals surface area contributed by atoms with Crippen molar-refractivity contribution in [3.05, 3.63) is 59.2 Å². The van der Waals surface area contributed by atoms with Crippen molar-refractivity contribution in [2.45, 2.75) is 6.92 Å². The summed E-state index contributed by atoms with van der Waals surface area (Å²) in [5.74, 6) is -1.80. The van der Waals surface area contributed by atoms with Crippen molar-refractivity contribution in [3.8, 4) is 17.2 Å². The van der Waals surface area contributed by atoms with Gasteiger partial charge in [-0.3, -0.25) is 0 Å². The lowest BCUT2D eigenvalue weighted by Gasteiger charge is -2.08. The summed E-state index contributed by atoms with van der Waals surface area (Å²) >= 11 is 0. The van der Waals surface area contributed by atoms with Gasteiger partial charge in [0, 0.05) is 5.56 Å². The van der Waals surface area contributed by atoms with Crippen molar-refractivity contribution in [1.82, 2.24) is 0 Å². The van der Waals surface area contributed by atoms with Gasteiger partial charge in [0.15, 0.2) is 11.6 Å². The monoisotopic (exact) mass is 229 g/mol. The molecule has 2 aromatic carbocycles. The van der Waals surface area contributed by atoms with Crippen molar-refractivity contribution in [2.24, 2.45) is 0 Å². The van der Waals surface area contributed by atoms with Crippen LogP contribution < -0.4 is 0 Å². The van der Waals surface area contributed by atoms with E-state index < -0.39 is 11.6 Å². The molecule has 0 aliphatic heterocycles. The first kappa shape index (κ1) is 11.3. The summed E-state index contributed by atoms with van der Waals surface area (Å²) in [7, 11) is 0. The van der Waals surface area contributed by atoms with Crippen molar-refractivity contribution < 1.29 is 8.78 Å². The van der Waals surface area contributed by atoms with Gasteiger partial charge >= 0.3 is 0 Å². The second-order valence-electron chi connectivity index (χ2n) is 3.74. The Bertz CT molecular complexity index is 612. The summed E-state index contributed by atoms with van der Waals surface area (Å²) in [6, 6.07) is 11.0. The van der Waals surface area contributed by atoms with E-state index in [4.69, 9.17) is 5.26 Å². The minimum absolute atomic E-state index is 0.455. The molecule has 0 atom stereocenters. The number of benzene rings is 2. The molecule has 0 aromatic heterocycles. The van der Waals surface area contributed by atoms with Gasteiger partial charge in [0.2, 0.25) is 0 Å². The van der Waals surface area contributed by atoms with Crippen LogP contribution in [0.15, 0.2) is 36.4 Å². The van der Waals surface area contributed by atoms with E-state index in [1.807, 2.05) is 13.0 Å². The Kier molecular flexibility index (Phi) is 2.88. The van der Waals surface area contributed by atoms with Gasteiger partial charge in [0.1, 0.15) is 0 Å². The molecule has 0 saturated carbocycles. The van der Waals surface area contributed by atoms with Crippen molar-refractivity contribution in [2.75, 3.05) is 0 Å². The minimum Gasteiger partial charge on any atom is -0.204 e. The Morgan fingerprint density at radius 3 is 2.47 bits per heavy atom. The molecule has 0 unspecified atom stereocenters. The predicted octanol–water partition coefficient (Wildman–Crippen LogP) is 3.81. The molecule has 1 nitrogen and oxygen atoms in total. The molecule has 3 heteroatoms. The maximum absolute atomic E-state index is 13.2. The molecule has 0 saturated heterocycles. The fourth-order valence-corrected chi connectivity index (χ4v) is 1.80. The van der Waals surface area contributed by atoms with Gasteiger partial charge in [-0.05, 0) is 36.2 Å². The zero-order valence-corrected chi connectivity index (χ0v) is 9.17. The SMILES string of the molecule is Cc1cccc(C#N)c1-c1ccc(F)c(F)c1. The van der Waals surface area contributed by atoms with Gasteiger partial charge in [-0.25, -0.2) is 8.78 Å². The van der Waals surface area contributed by atoms with E-state index >= 15 is 0 Å². The predicted molar refractivity (Wildman–Crippen MR) is 61.2 cm³/mol. The molecule has 84 valence electrons. The third-order valence-electron chi connectivity index (χ3n) is 2.60. The molecule has 0 aliphatic rings. The quantitative estimate of drug-likeness (QED) is 0.729. The average molecular weight is 229 g/mol. The van der Waals surface area contributed by atoms with Gasteiger partial charge < -0.3 is 0 Å². The van der Waals surface area contributed by atoms with Crippen LogP contribution in [0.2, 0.25) is 0 Å². The lowest BCUT2D eigenvalue weighted by Crippen LogP contribution is -1.91. The molecule has 0 aliphatic carbocycles. The fourth-order valence-electron chi connectivity index (χ4n) is 1.80. The first-order valence-electron chi connectivity index (χ1n) is 5.08. The normalized spacial score (nSPS) is 10.0. The maximum atomic E-state index is 13.2. The molecule has 0 spiro atoms. The largest absolute Gasteiger partial charge is 0.204 e. The van der Waals surface area contributed by atoms with E-state index in [0.29, 0.717) is 16.7 Å². The lowest BCUT2D eigenvalue weighted by atomic mass is 9.95. The Morgan fingerprint density at radius 2 is 1.82 bits per heavy atom. The molecule has 0 N–H and O–H groups in total. The third kappa shape index (κ3) is 2.02. The molecule has 0 heterocycles. The number of aryl methyl sites for hydroxylation is 1. The van der Waals surface area contributed by atoms with Crippen LogP contribution in [-0.4, -0.2) is 0 Å². The zero-order chi connectivity index (χ0) is 12.4. The van der Waals surface area contributed by atoms with Crippen LogP contribution in [0.4, 0.5) is 8.78 Å². The Labute approximate surface area is 97.9 Å². The fraction of sp³-hybridized carbons (Fsp3) is 0.0714. The number of halogens is 2. The molecule has 0 amide bonds. The van der Waals surface area contributed by atoms with E-state index in [2.05, 4.69) is 6.07 Å². The van der Waals surface area contributed by atoms with E-state index in [9.17, 15) is 8.78 Å². The molecule has 0 fully saturated rings. The van der Waals surface area contributed by atoms with Crippen LogP contribution in [0.3, 0.4) is 0 Å². The summed E-state index contributed by atoms with van der Waals surface area (Å²) in [4.78, 5) is 0. The van der Waals surface area contributed by atoms with E-state index in [1.165, 1.54) is 6.07 Å². The summed E-state index contributed by atoms with van der Waals surface area (Å²) in [6.07, 6.45) is 0. The maximum Gasteiger partial charge on any atom is 0.159 e. The number of hydrogen-bond acceptors (Lipinski definition) is 1. The topological polar surface area (TPSA) is 23.8 Å². The zero-order valence-electron chi connectivity index (χ0n) is 9.17. The highest BCUT2D eigenvalue weighted by Gasteiger charge is 2.10. The van der Waals surface area contributed by atoms with Gasteiger partial charge in [0.25, 0.3) is 0 Å². The number of rotatable bonds is 1. The van der Waals surface area contributed by atoms with E-state index in [1.54, 1.807) is 12.1 Å². The summed E-state index contributed by atoms with van der Waals surface area (Å²) in [5.41, 5.74) is 2.47. The molecule has 0 bridgehead atoms. The number of nitriles is 1. The molecular formula is C14H9F2N. The number of nitrogens with zero attached hydrogens (tertiary/aromatic N) is 1. The first-order valence-corrected chi connectivity index (χ1v) is 5.08. The van der Waals surface area contributed by atoms with Gasteiger partial charge in [-0.1, -0.05) is 18.2 Å². The van der Waals surface area contributed by atoms with Crippen molar-refractivity contribution in [1.29, 1.82) is 5.26 Å². The van der Waals surface area contributed by atoms with Gasteiger partial charge in [-0.15, -0.1) is 0 Å². The Balaban J connectivity index is 2.68. The Morgan fingerprint density at radius 1 is 1.06 bits per heavy atom. The summed E-state index contributed by atoms with van der Waals surface area (Å²) < 4.78 is 26.0. The third-order valence-corrected chi connectivity index (χ3v) is 2.60. The van der Waals surface area contributed by atoms with Crippen LogP contribution in [0.5, 0.6) is 0 Å². The standard InChI is InChI=1S/C14H9F2N/c1-9-3-2-4-11(8-17)14(9)10-5-6-12(15)13(16)7-10/h2-7H,1H3. The van der Waals surface area contributed by atoms with Crippen LogP contribution in [0.25, 0.3) is 11.1 Å². The smallest absolute Gasteiger partial charge is 0.159 e. The first-order chi connectivity index (χ1) is 8.13. The highest BCUT2D eigenvalue weighted by Crippen LogP contribution is 2.28. The highest BCUT2D eigenvalue weighted by atomic mass is 19.2. The molecule has 0 radical (unpaired) electrons. The second-order valence-corrected chi connectivity index (χ2v) is 3.74. The van der Waals surface area contributed by atoms with Crippen molar-refractivity contribution >= 4 is 0 Å². The van der Waals surface area contributed by atoms with Crippen molar-refractivity contribution in [3.63, 3.8) is 0 Å². The number of hydrogen-bond donors (Lipinski definition) is 0. The second kappa shape index (κ2) is 4.34. The van der Waals surface area contributed by atoms with Gasteiger partial charge in [0.05, 0.1) is 11.6 Å². The molecular weight excluding hydrogens is 220 g/mol. The highest BCUT2D eigenvalue weighted by molar-refractivity contribution is 5.73. The van der Waals surface area contributed by atoms with Crippen LogP contribution >= 0.6 is 0 Å². The van der Waals surface area contributed by atoms with Crippen LogP contribution in [0, 0.1) is 29.9 Å². The van der Waals surface area contributed by atoms with Crippen LogP contribution in [0.1, 0.15) is 11.1 Å².